The number of hydrogen-bond acceptors (Lipinski definition) is 5. The number of hydrogen-bond donors (Lipinski definition) is 3. The second-order valence-corrected chi connectivity index (χ2v) is 19.4. The van der Waals surface area contributed by atoms with Gasteiger partial charge in [-0.2, -0.15) is 0 Å². The van der Waals surface area contributed by atoms with E-state index in [0.29, 0.717) is 19.3 Å². The van der Waals surface area contributed by atoms with E-state index in [4.69, 9.17) is 4.74 Å². The first kappa shape index (κ1) is 64.3. The van der Waals surface area contributed by atoms with Crippen LogP contribution in [0.2, 0.25) is 0 Å². The van der Waals surface area contributed by atoms with E-state index in [1.807, 2.05) is 0 Å². The van der Waals surface area contributed by atoms with Crippen molar-refractivity contribution >= 4 is 11.9 Å². The Labute approximate surface area is 415 Å². The van der Waals surface area contributed by atoms with Crippen LogP contribution in [-0.4, -0.2) is 46.9 Å². The Balaban J connectivity index is 4.60. The Bertz CT molecular complexity index is 1230. The smallest absolute Gasteiger partial charge is 0.306 e. The Hall–Kier alpha value is -2.70. The molecule has 0 fully saturated rings. The zero-order valence-corrected chi connectivity index (χ0v) is 44.3. The van der Waals surface area contributed by atoms with Gasteiger partial charge in [-0.15, -0.1) is 0 Å². The molecule has 0 radical (unpaired) electrons. The van der Waals surface area contributed by atoms with Crippen LogP contribution in [0.25, 0.3) is 0 Å². The summed E-state index contributed by atoms with van der Waals surface area (Å²) >= 11 is 0. The lowest BCUT2D eigenvalue weighted by Gasteiger charge is -2.24. The molecule has 0 aromatic carbocycles. The predicted octanol–water partition coefficient (Wildman–Crippen LogP) is 17.7. The molecule has 3 N–H and O–H groups in total. The molecule has 0 aliphatic carbocycles. The van der Waals surface area contributed by atoms with Gasteiger partial charge in [-0.25, -0.2) is 0 Å². The Morgan fingerprint density at radius 1 is 0.448 bits per heavy atom. The fourth-order valence-corrected chi connectivity index (χ4v) is 8.41. The number of ether oxygens (including phenoxy) is 1. The quantitative estimate of drug-likeness (QED) is 0.0244. The number of rotatable bonds is 51. The maximum absolute atomic E-state index is 13.3. The average molecular weight is 937 g/mol. The largest absolute Gasteiger partial charge is 0.462 e. The third-order valence-corrected chi connectivity index (χ3v) is 12.8. The molecule has 67 heavy (non-hydrogen) atoms. The zero-order chi connectivity index (χ0) is 48.8. The summed E-state index contributed by atoms with van der Waals surface area (Å²) in [6, 6.07) is -0.718. The molecule has 0 bridgehead atoms. The van der Waals surface area contributed by atoms with Crippen LogP contribution in [0.4, 0.5) is 0 Å². The van der Waals surface area contributed by atoms with Crippen molar-refractivity contribution < 1.29 is 24.5 Å². The van der Waals surface area contributed by atoms with Gasteiger partial charge in [0.1, 0.15) is 6.10 Å². The van der Waals surface area contributed by atoms with E-state index in [1.54, 1.807) is 0 Å². The monoisotopic (exact) mass is 936 g/mol. The minimum absolute atomic E-state index is 0.0490. The Morgan fingerprint density at radius 2 is 0.806 bits per heavy atom. The highest BCUT2D eigenvalue weighted by Crippen LogP contribution is 2.18. The predicted molar refractivity (Wildman–Crippen MR) is 291 cm³/mol. The molecule has 388 valence electrons. The molecular formula is C61H109NO5. The topological polar surface area (TPSA) is 95.9 Å². The van der Waals surface area contributed by atoms with E-state index in [1.165, 1.54) is 128 Å². The van der Waals surface area contributed by atoms with Gasteiger partial charge in [-0.3, -0.25) is 9.59 Å². The highest BCUT2D eigenvalue weighted by Gasteiger charge is 2.24. The highest BCUT2D eigenvalue weighted by atomic mass is 16.5. The molecule has 0 heterocycles. The molecule has 0 saturated heterocycles. The van der Waals surface area contributed by atoms with Crippen molar-refractivity contribution in [1.82, 2.24) is 5.32 Å². The maximum atomic E-state index is 13.3. The van der Waals surface area contributed by atoms with Crippen molar-refractivity contribution in [3.8, 4) is 0 Å². The van der Waals surface area contributed by atoms with Crippen molar-refractivity contribution in [2.24, 2.45) is 0 Å². The van der Waals surface area contributed by atoms with E-state index >= 15 is 0 Å². The van der Waals surface area contributed by atoms with Gasteiger partial charge in [0, 0.05) is 6.42 Å². The van der Waals surface area contributed by atoms with Crippen molar-refractivity contribution in [3.63, 3.8) is 0 Å². The standard InChI is InChI=1S/C61H109NO5/c1-4-7-10-13-16-19-22-25-27-29-30-31-33-36-39-42-45-48-51-54-61(66)67-57(52-49-46-43-40-37-34-24-21-18-15-12-9-6-3)55-60(65)62-58(56-63)59(64)53-50-47-44-41-38-35-32-28-26-23-20-17-14-11-8-5-2/h16,18-19,21,24-25,27,30-31,34,36,39,57-59,63-64H,4-15,17,20,22-23,26,28-29,32-33,35,37-38,40-56H2,1-3H3,(H,62,65)/b19-16-,21-18+,27-25-,31-30-,34-24+,39-36-. The zero-order valence-electron chi connectivity index (χ0n) is 44.3. The minimum Gasteiger partial charge on any atom is -0.462 e. The van der Waals surface area contributed by atoms with Gasteiger partial charge in [-0.05, 0) is 96.3 Å². The molecule has 0 saturated carbocycles. The molecule has 0 aliphatic heterocycles. The summed E-state index contributed by atoms with van der Waals surface area (Å²) in [6.45, 7) is 6.43. The van der Waals surface area contributed by atoms with Gasteiger partial charge in [0.2, 0.25) is 5.91 Å². The number of aliphatic hydroxyl groups is 2. The average Bonchev–Trinajstić information content (AvgIpc) is 3.32. The lowest BCUT2D eigenvalue weighted by Crippen LogP contribution is -2.46. The number of aliphatic hydroxyl groups excluding tert-OH is 2. The number of amides is 1. The normalized spacial score (nSPS) is 13.7. The number of unbranched alkanes of at least 4 members (excludes halogenated alkanes) is 28. The fourth-order valence-electron chi connectivity index (χ4n) is 8.41. The summed E-state index contributed by atoms with van der Waals surface area (Å²) in [5.74, 6) is -0.527. The van der Waals surface area contributed by atoms with Crippen LogP contribution >= 0.6 is 0 Å². The summed E-state index contributed by atoms with van der Waals surface area (Å²) in [6.07, 6.45) is 69.6. The number of allylic oxidation sites excluding steroid dienone is 12. The van der Waals surface area contributed by atoms with Gasteiger partial charge < -0.3 is 20.3 Å². The first-order valence-corrected chi connectivity index (χ1v) is 28.7. The molecular weight excluding hydrogens is 827 g/mol. The van der Waals surface area contributed by atoms with Crippen LogP contribution in [0.3, 0.4) is 0 Å². The molecule has 0 aromatic rings. The summed E-state index contributed by atoms with van der Waals surface area (Å²) in [7, 11) is 0. The summed E-state index contributed by atoms with van der Waals surface area (Å²) in [5, 5.41) is 23.9. The Morgan fingerprint density at radius 3 is 1.27 bits per heavy atom. The molecule has 6 nitrogen and oxygen atoms in total. The first-order valence-electron chi connectivity index (χ1n) is 28.7. The number of carbonyl (C=O) groups excluding carboxylic acids is 2. The fraction of sp³-hybridized carbons (Fsp3) is 0.770. The van der Waals surface area contributed by atoms with Gasteiger partial charge in [-0.1, -0.05) is 241 Å². The van der Waals surface area contributed by atoms with E-state index in [-0.39, 0.29) is 24.9 Å². The van der Waals surface area contributed by atoms with Gasteiger partial charge in [0.25, 0.3) is 0 Å². The molecule has 0 spiro atoms. The van der Waals surface area contributed by atoms with Crippen LogP contribution in [0.1, 0.15) is 278 Å². The SMILES string of the molecule is CCCCC/C=C\C/C=C\C/C=C\C/C=C\CCCCCC(=O)OC(CCCCCC/C=C/C=C/CCCCC)CC(=O)NC(CO)C(O)CCCCCCCCCCCCCCCCCC. The van der Waals surface area contributed by atoms with E-state index in [9.17, 15) is 19.8 Å². The highest BCUT2D eigenvalue weighted by molar-refractivity contribution is 5.77. The summed E-state index contributed by atoms with van der Waals surface area (Å²) in [5.41, 5.74) is 0. The second kappa shape index (κ2) is 54.2. The molecule has 3 atom stereocenters. The Kier molecular flexibility index (Phi) is 52.1. The third-order valence-electron chi connectivity index (χ3n) is 12.8. The van der Waals surface area contributed by atoms with Gasteiger partial charge in [0.05, 0.1) is 25.2 Å². The number of carbonyl (C=O) groups is 2. The van der Waals surface area contributed by atoms with Crippen molar-refractivity contribution in [1.29, 1.82) is 0 Å². The molecule has 3 unspecified atom stereocenters. The third kappa shape index (κ3) is 49.5. The van der Waals surface area contributed by atoms with Crippen molar-refractivity contribution in [2.45, 2.75) is 296 Å². The van der Waals surface area contributed by atoms with Crippen LogP contribution in [0.5, 0.6) is 0 Å². The molecule has 0 aromatic heterocycles. The summed E-state index contributed by atoms with van der Waals surface area (Å²) < 4.78 is 5.93. The van der Waals surface area contributed by atoms with Crippen molar-refractivity contribution in [2.75, 3.05) is 6.61 Å². The van der Waals surface area contributed by atoms with E-state index < -0.39 is 18.2 Å². The minimum atomic E-state index is -0.802. The summed E-state index contributed by atoms with van der Waals surface area (Å²) in [4.78, 5) is 26.2. The molecule has 0 aliphatic rings. The van der Waals surface area contributed by atoms with Gasteiger partial charge >= 0.3 is 5.97 Å². The van der Waals surface area contributed by atoms with Crippen LogP contribution < -0.4 is 5.32 Å². The number of nitrogens with one attached hydrogen (secondary N) is 1. The first-order chi connectivity index (χ1) is 33.0. The van der Waals surface area contributed by atoms with Crippen molar-refractivity contribution in [3.05, 3.63) is 72.9 Å². The molecule has 1 amide bonds. The van der Waals surface area contributed by atoms with Gasteiger partial charge in [0.15, 0.2) is 0 Å². The maximum Gasteiger partial charge on any atom is 0.306 e. The second-order valence-electron chi connectivity index (χ2n) is 19.4. The van der Waals surface area contributed by atoms with E-state index in [2.05, 4.69) is 99.0 Å². The van der Waals surface area contributed by atoms with Crippen LogP contribution in [-0.2, 0) is 14.3 Å². The van der Waals surface area contributed by atoms with E-state index in [0.717, 1.165) is 103 Å². The number of esters is 1. The molecule has 6 heteroatoms. The molecule has 0 rings (SSSR count). The van der Waals surface area contributed by atoms with Crippen LogP contribution in [0.15, 0.2) is 72.9 Å². The lowest BCUT2D eigenvalue weighted by molar-refractivity contribution is -0.151. The van der Waals surface area contributed by atoms with Crippen LogP contribution in [0, 0.1) is 0 Å². The lowest BCUT2D eigenvalue weighted by atomic mass is 10.0.